The lowest BCUT2D eigenvalue weighted by Crippen LogP contribution is -2.49. The minimum Gasteiger partial charge on any atom is -0.391 e. The van der Waals surface area contributed by atoms with Crippen molar-refractivity contribution in [2.75, 3.05) is 20.6 Å². The molecule has 0 bridgehead atoms. The first-order valence-electron chi connectivity index (χ1n) is 10.1. The van der Waals surface area contributed by atoms with Crippen LogP contribution < -0.4 is 5.32 Å². The maximum absolute atomic E-state index is 13.5. The van der Waals surface area contributed by atoms with Gasteiger partial charge in [-0.05, 0) is 33.2 Å². The van der Waals surface area contributed by atoms with Gasteiger partial charge in [-0.2, -0.15) is 0 Å². The molecule has 9 nitrogen and oxygen atoms in total. The topological polar surface area (TPSA) is 104 Å². The number of hydrogen-bond donors (Lipinski definition) is 2. The van der Waals surface area contributed by atoms with Crippen molar-refractivity contribution < 1.29 is 14.7 Å². The second-order valence-electron chi connectivity index (χ2n) is 10.00. The summed E-state index contributed by atoms with van der Waals surface area (Å²) >= 11 is 0. The zero-order valence-corrected chi connectivity index (χ0v) is 18.9. The molecule has 0 aliphatic carbocycles. The third kappa shape index (κ3) is 5.33. The van der Waals surface area contributed by atoms with Crippen molar-refractivity contribution in [2.45, 2.75) is 78.2 Å². The van der Waals surface area contributed by atoms with Crippen LogP contribution >= 0.6 is 0 Å². The Morgan fingerprint density at radius 1 is 1.31 bits per heavy atom. The first-order chi connectivity index (χ1) is 13.3. The van der Waals surface area contributed by atoms with E-state index in [-0.39, 0.29) is 30.3 Å². The van der Waals surface area contributed by atoms with E-state index >= 15 is 0 Å². The molecule has 2 amide bonds. The Kier molecular flexibility index (Phi) is 6.74. The highest BCUT2D eigenvalue weighted by atomic mass is 16.3. The van der Waals surface area contributed by atoms with Crippen molar-refractivity contribution in [1.82, 2.24) is 30.1 Å². The number of likely N-dealkylation sites (N-methyl/N-ethyl adjacent to an activating group) is 1. The van der Waals surface area contributed by atoms with E-state index in [1.54, 1.807) is 10.9 Å². The van der Waals surface area contributed by atoms with Crippen molar-refractivity contribution >= 4 is 11.8 Å². The Labute approximate surface area is 173 Å². The maximum Gasteiger partial charge on any atom is 0.248 e. The maximum atomic E-state index is 13.5. The van der Waals surface area contributed by atoms with Crippen LogP contribution in [0.15, 0.2) is 6.20 Å². The molecule has 9 heteroatoms. The third-order valence-corrected chi connectivity index (χ3v) is 5.53. The average molecular weight is 409 g/mol. The Morgan fingerprint density at radius 3 is 2.45 bits per heavy atom. The Hall–Kier alpha value is -2.00. The summed E-state index contributed by atoms with van der Waals surface area (Å²) in [4.78, 5) is 29.4. The molecule has 2 N–H and O–H groups in total. The third-order valence-electron chi connectivity index (χ3n) is 5.53. The number of aromatic nitrogens is 3. The number of carbonyl (C=O) groups is 2. The Balaban J connectivity index is 2.31. The number of carbonyl (C=O) groups excluding carboxylic acids is 2. The van der Waals surface area contributed by atoms with Crippen molar-refractivity contribution in [3.63, 3.8) is 0 Å². The summed E-state index contributed by atoms with van der Waals surface area (Å²) in [5.41, 5.74) is 0.294. The van der Waals surface area contributed by atoms with Crippen LogP contribution in [0.4, 0.5) is 0 Å². The summed E-state index contributed by atoms with van der Waals surface area (Å²) in [5.74, 6) is -0.503. The van der Waals surface area contributed by atoms with Crippen LogP contribution in [0.5, 0.6) is 0 Å². The first-order valence-corrected chi connectivity index (χ1v) is 10.1. The van der Waals surface area contributed by atoms with Gasteiger partial charge >= 0.3 is 0 Å². The molecule has 0 unspecified atom stereocenters. The summed E-state index contributed by atoms with van der Waals surface area (Å²) < 4.78 is 1.60. The van der Waals surface area contributed by atoms with E-state index in [2.05, 4.69) is 41.3 Å². The lowest BCUT2D eigenvalue weighted by Gasteiger charge is -2.34. The summed E-state index contributed by atoms with van der Waals surface area (Å²) in [6.45, 7) is 13.0. The van der Waals surface area contributed by atoms with Crippen LogP contribution in [0.1, 0.15) is 59.7 Å². The zero-order valence-electron chi connectivity index (χ0n) is 18.9. The largest absolute Gasteiger partial charge is 0.391 e. The summed E-state index contributed by atoms with van der Waals surface area (Å²) in [6.07, 6.45) is 1.33. The molecule has 1 aliphatic heterocycles. The monoisotopic (exact) mass is 408 g/mol. The van der Waals surface area contributed by atoms with Crippen LogP contribution in [0.25, 0.3) is 0 Å². The first kappa shape index (κ1) is 23.3. The zero-order chi connectivity index (χ0) is 22.1. The molecule has 1 fully saturated rings. The molecule has 3 atom stereocenters. The predicted molar refractivity (Wildman–Crippen MR) is 110 cm³/mol. The number of likely N-dealkylation sites (tertiary alicyclic amines) is 1. The molecule has 29 heavy (non-hydrogen) atoms. The molecule has 1 aromatic rings. The molecule has 1 aromatic heterocycles. The van der Waals surface area contributed by atoms with Gasteiger partial charge in [-0.25, -0.2) is 4.68 Å². The minimum absolute atomic E-state index is 0.0184. The van der Waals surface area contributed by atoms with E-state index in [4.69, 9.17) is 0 Å². The highest BCUT2D eigenvalue weighted by Crippen LogP contribution is 2.34. The van der Waals surface area contributed by atoms with Crippen LogP contribution in [-0.4, -0.2) is 80.0 Å². The van der Waals surface area contributed by atoms with Gasteiger partial charge in [0.2, 0.25) is 11.8 Å². The molecule has 0 radical (unpaired) electrons. The number of nitrogens with one attached hydrogen (secondary N) is 1. The predicted octanol–water partition coefficient (Wildman–Crippen LogP) is 0.803. The molecular weight excluding hydrogens is 372 g/mol. The molecule has 164 valence electrons. The smallest absolute Gasteiger partial charge is 0.248 e. The number of β-amino-alcohol motifs (C(OH)–C–C–N with tert-alkyl or cyclic N) is 1. The van der Waals surface area contributed by atoms with Gasteiger partial charge in [-0.15, -0.1) is 5.10 Å². The van der Waals surface area contributed by atoms with Crippen LogP contribution in [0, 0.1) is 5.41 Å². The average Bonchev–Trinajstić information content (AvgIpc) is 3.18. The number of aliphatic hydroxyl groups excluding tert-OH is 1. The summed E-state index contributed by atoms with van der Waals surface area (Å²) in [7, 11) is 3.55. The molecule has 2 rings (SSSR count). The quantitative estimate of drug-likeness (QED) is 0.747. The fourth-order valence-electron chi connectivity index (χ4n) is 3.50. The normalized spacial score (nSPS) is 21.5. The van der Waals surface area contributed by atoms with Gasteiger partial charge in [0.1, 0.15) is 12.1 Å². The second-order valence-corrected chi connectivity index (χ2v) is 10.00. The lowest BCUT2D eigenvalue weighted by atomic mass is 9.85. The van der Waals surface area contributed by atoms with Crippen molar-refractivity contribution in [1.29, 1.82) is 0 Å². The van der Waals surface area contributed by atoms with E-state index in [1.807, 2.05) is 27.8 Å². The van der Waals surface area contributed by atoms with Crippen LogP contribution in [0.2, 0.25) is 0 Å². The SMILES string of the molecule is CNC(=O)[C@@H]1C[C@@H](O)CN1C(=O)[C@@H](n1cc(CN(C)C(C)(C)C)nn1)C(C)(C)C. The van der Waals surface area contributed by atoms with E-state index in [0.29, 0.717) is 6.54 Å². The van der Waals surface area contributed by atoms with Gasteiger partial charge in [0.05, 0.1) is 18.0 Å². The highest BCUT2D eigenvalue weighted by molar-refractivity contribution is 5.90. The van der Waals surface area contributed by atoms with Crippen LogP contribution in [-0.2, 0) is 16.1 Å². The Bertz CT molecular complexity index is 733. The number of rotatable bonds is 5. The van der Waals surface area contributed by atoms with Crippen molar-refractivity contribution in [2.24, 2.45) is 5.41 Å². The van der Waals surface area contributed by atoms with E-state index in [9.17, 15) is 14.7 Å². The van der Waals surface area contributed by atoms with Gasteiger partial charge in [0, 0.05) is 32.1 Å². The molecular formula is C20H36N6O3. The summed E-state index contributed by atoms with van der Waals surface area (Å²) in [6, 6.07) is -1.32. The van der Waals surface area contributed by atoms with E-state index in [0.717, 1.165) is 5.69 Å². The number of amides is 2. The lowest BCUT2D eigenvalue weighted by molar-refractivity contribution is -0.144. The molecule has 1 saturated heterocycles. The number of hydrogen-bond acceptors (Lipinski definition) is 6. The standard InChI is InChI=1S/C20H36N6O3/c1-19(2,3)16(18(29)25-12-14(27)9-15(25)17(28)21-7)26-11-13(22-23-26)10-24(8)20(4,5)6/h11,14-16,27H,9-10,12H2,1-8H3,(H,21,28)/t14-,15+,16-/m1/s1. The highest BCUT2D eigenvalue weighted by Gasteiger charge is 2.45. The number of aliphatic hydroxyl groups is 1. The van der Waals surface area contributed by atoms with Gasteiger partial charge in [-0.3, -0.25) is 14.5 Å². The molecule has 0 spiro atoms. The van der Waals surface area contributed by atoms with Crippen molar-refractivity contribution in [3.05, 3.63) is 11.9 Å². The molecule has 0 saturated carbocycles. The summed E-state index contributed by atoms with van der Waals surface area (Å²) in [5, 5.41) is 21.2. The molecule has 2 heterocycles. The fourth-order valence-corrected chi connectivity index (χ4v) is 3.50. The van der Waals surface area contributed by atoms with E-state index in [1.165, 1.54) is 11.9 Å². The van der Waals surface area contributed by atoms with Gasteiger partial charge in [0.25, 0.3) is 0 Å². The van der Waals surface area contributed by atoms with Crippen molar-refractivity contribution in [3.8, 4) is 0 Å². The fraction of sp³-hybridized carbons (Fsp3) is 0.800. The molecule has 0 aromatic carbocycles. The van der Waals surface area contributed by atoms with Gasteiger partial charge in [-0.1, -0.05) is 26.0 Å². The Morgan fingerprint density at radius 2 is 1.93 bits per heavy atom. The molecule has 1 aliphatic rings. The minimum atomic E-state index is -0.714. The van der Waals surface area contributed by atoms with Gasteiger partial charge < -0.3 is 15.3 Å². The number of nitrogens with zero attached hydrogens (tertiary/aromatic N) is 5. The second kappa shape index (κ2) is 8.39. The van der Waals surface area contributed by atoms with E-state index < -0.39 is 23.6 Å². The van der Waals surface area contributed by atoms with Gasteiger partial charge in [0.15, 0.2) is 0 Å². The van der Waals surface area contributed by atoms with Crippen LogP contribution in [0.3, 0.4) is 0 Å².